The van der Waals surface area contributed by atoms with E-state index in [1.807, 2.05) is 19.1 Å². The minimum Gasteiger partial charge on any atom is -0.483 e. The number of nitrogens with zero attached hydrogens (tertiary/aromatic N) is 2. The quantitative estimate of drug-likeness (QED) is 0.328. The second-order valence-electron chi connectivity index (χ2n) is 8.22. The third kappa shape index (κ3) is 9.74. The first kappa shape index (κ1) is 25.7. The van der Waals surface area contributed by atoms with E-state index in [1.54, 1.807) is 12.4 Å². The Hall–Kier alpha value is -2.52. The summed E-state index contributed by atoms with van der Waals surface area (Å²) in [5.74, 6) is 0.893. The molecular weight excluding hydrogens is 412 g/mol. The number of nitrogens with one attached hydrogen (secondary N) is 2. The zero-order valence-corrected chi connectivity index (χ0v) is 18.9. The highest BCUT2D eigenvalue weighted by molar-refractivity contribution is 5.77. The van der Waals surface area contributed by atoms with Crippen molar-refractivity contribution in [2.24, 2.45) is 5.92 Å². The van der Waals surface area contributed by atoms with Crippen molar-refractivity contribution in [1.82, 2.24) is 20.5 Å². The molecule has 0 aromatic carbocycles. The van der Waals surface area contributed by atoms with E-state index in [0.29, 0.717) is 45.2 Å². The molecule has 3 rings (SSSR count). The largest absolute Gasteiger partial charge is 0.483 e. The molecule has 0 bridgehead atoms. The maximum atomic E-state index is 12.5. The van der Waals surface area contributed by atoms with Crippen molar-refractivity contribution >= 4 is 18.3 Å². The smallest absolute Gasteiger partial charge is 0.290 e. The van der Waals surface area contributed by atoms with Crippen molar-refractivity contribution in [2.45, 2.75) is 64.1 Å². The molecule has 1 saturated carbocycles. The van der Waals surface area contributed by atoms with Gasteiger partial charge in [-0.15, -0.1) is 0 Å². The maximum Gasteiger partial charge on any atom is 0.290 e. The highest BCUT2D eigenvalue weighted by atomic mass is 16.5. The Bertz CT molecular complexity index is 699. The second-order valence-corrected chi connectivity index (χ2v) is 8.22. The van der Waals surface area contributed by atoms with Gasteiger partial charge in [0.2, 0.25) is 11.8 Å². The molecule has 2 fully saturated rings. The first-order valence-corrected chi connectivity index (χ1v) is 11.4. The summed E-state index contributed by atoms with van der Waals surface area (Å²) in [6.45, 7) is 5.03. The van der Waals surface area contributed by atoms with Crippen LogP contribution in [0.25, 0.3) is 0 Å². The molecule has 9 nitrogen and oxygen atoms in total. The Kier molecular flexibility index (Phi) is 11.7. The zero-order valence-electron chi connectivity index (χ0n) is 18.9. The fraction of sp³-hybridized carbons (Fsp3) is 0.652. The van der Waals surface area contributed by atoms with E-state index in [9.17, 15) is 9.59 Å². The summed E-state index contributed by atoms with van der Waals surface area (Å²) in [5, 5.41) is 13.0. The van der Waals surface area contributed by atoms with E-state index < -0.39 is 0 Å². The van der Waals surface area contributed by atoms with Crippen LogP contribution in [0.15, 0.2) is 24.5 Å². The van der Waals surface area contributed by atoms with E-state index >= 15 is 0 Å². The summed E-state index contributed by atoms with van der Waals surface area (Å²) < 4.78 is 5.25. The number of aromatic nitrogens is 1. The Morgan fingerprint density at radius 3 is 2.50 bits per heavy atom. The van der Waals surface area contributed by atoms with Gasteiger partial charge in [0.1, 0.15) is 0 Å². The van der Waals surface area contributed by atoms with Crippen LogP contribution < -0.4 is 10.6 Å². The molecule has 3 N–H and O–H groups in total. The molecule has 0 unspecified atom stereocenters. The second kappa shape index (κ2) is 14.5. The summed E-state index contributed by atoms with van der Waals surface area (Å²) in [7, 11) is 0. The monoisotopic (exact) mass is 448 g/mol. The van der Waals surface area contributed by atoms with Crippen LogP contribution in [-0.2, 0) is 25.7 Å². The van der Waals surface area contributed by atoms with Crippen LogP contribution in [0.5, 0.6) is 0 Å². The highest BCUT2D eigenvalue weighted by Gasteiger charge is 2.37. The van der Waals surface area contributed by atoms with E-state index in [2.05, 4.69) is 20.5 Å². The fourth-order valence-corrected chi connectivity index (χ4v) is 3.97. The molecule has 9 heteroatoms. The van der Waals surface area contributed by atoms with Crippen molar-refractivity contribution in [3.05, 3.63) is 30.1 Å². The fourth-order valence-electron chi connectivity index (χ4n) is 3.97. The van der Waals surface area contributed by atoms with Crippen molar-refractivity contribution in [3.8, 4) is 0 Å². The number of carbonyl (C=O) groups excluding carboxylic acids is 2. The van der Waals surface area contributed by atoms with Gasteiger partial charge in [-0.05, 0) is 56.2 Å². The predicted molar refractivity (Wildman–Crippen MR) is 120 cm³/mol. The summed E-state index contributed by atoms with van der Waals surface area (Å²) in [4.78, 5) is 39.4. The number of rotatable bonds is 12. The normalized spacial score (nSPS) is 20.2. The van der Waals surface area contributed by atoms with Crippen LogP contribution >= 0.6 is 0 Å². The Labute approximate surface area is 189 Å². The van der Waals surface area contributed by atoms with Gasteiger partial charge in [0, 0.05) is 63.6 Å². The molecule has 0 spiro atoms. The number of hydrogen-bond donors (Lipinski definition) is 3. The van der Waals surface area contributed by atoms with Crippen LogP contribution in [0.2, 0.25) is 0 Å². The first-order valence-electron chi connectivity index (χ1n) is 11.4. The summed E-state index contributed by atoms with van der Waals surface area (Å²) >= 11 is 0. The van der Waals surface area contributed by atoms with Gasteiger partial charge in [0.05, 0.1) is 6.61 Å². The Morgan fingerprint density at radius 1 is 1.16 bits per heavy atom. The number of carbonyl (C=O) groups is 3. The molecule has 1 aliphatic heterocycles. The lowest BCUT2D eigenvalue weighted by Gasteiger charge is -2.30. The van der Waals surface area contributed by atoms with Crippen LogP contribution in [0.1, 0.15) is 51.0 Å². The van der Waals surface area contributed by atoms with Crippen molar-refractivity contribution in [2.75, 3.05) is 26.3 Å². The summed E-state index contributed by atoms with van der Waals surface area (Å²) in [5.41, 5.74) is 1.06. The van der Waals surface area contributed by atoms with Crippen molar-refractivity contribution in [1.29, 1.82) is 0 Å². The average molecular weight is 449 g/mol. The maximum absolute atomic E-state index is 12.5. The highest BCUT2D eigenvalue weighted by Crippen LogP contribution is 2.35. The third-order valence-corrected chi connectivity index (χ3v) is 5.81. The number of amides is 2. The number of ether oxygens (including phenoxy) is 1. The standard InChI is InChI=1S/C22H34N4O3.CH2O2/c1-2-29-12-9-21(27)25-15-20-6-5-19(26(20)16-18-3-4-18)13-22(28)24-14-17-7-10-23-11-8-17;2-1-3/h7-8,10-11,18-20H,2-6,9,12-16H2,1H3,(H,24,28)(H,25,27);1H,(H,2,3)/t19-,20+;/m1./s1. The van der Waals surface area contributed by atoms with Gasteiger partial charge < -0.3 is 20.5 Å². The van der Waals surface area contributed by atoms with Gasteiger partial charge in [-0.1, -0.05) is 0 Å². The summed E-state index contributed by atoms with van der Waals surface area (Å²) in [6.07, 6.45) is 9.01. The molecule has 1 aromatic heterocycles. The number of hydrogen-bond acceptors (Lipinski definition) is 6. The van der Waals surface area contributed by atoms with Gasteiger partial charge in [-0.25, -0.2) is 0 Å². The van der Waals surface area contributed by atoms with Gasteiger partial charge in [0.25, 0.3) is 6.47 Å². The number of likely N-dealkylation sites (tertiary alicyclic amines) is 1. The van der Waals surface area contributed by atoms with E-state index in [4.69, 9.17) is 14.6 Å². The zero-order chi connectivity index (χ0) is 23.2. The molecule has 2 amide bonds. The van der Waals surface area contributed by atoms with Crippen LogP contribution in [0.4, 0.5) is 0 Å². The molecule has 2 heterocycles. The number of pyridine rings is 1. The molecule has 1 saturated heterocycles. The van der Waals surface area contributed by atoms with Crippen LogP contribution in [0, 0.1) is 5.92 Å². The molecule has 1 aliphatic carbocycles. The molecular formula is C23H36N4O5. The van der Waals surface area contributed by atoms with Crippen molar-refractivity contribution in [3.63, 3.8) is 0 Å². The molecule has 178 valence electrons. The SMILES string of the molecule is CCOCCC(=O)NC[C@@H]1CC[C@H](CC(=O)NCc2ccncc2)N1CC1CC1.O=CO. The average Bonchev–Trinajstić information content (AvgIpc) is 3.54. The molecule has 2 aliphatic rings. The lowest BCUT2D eigenvalue weighted by Crippen LogP contribution is -2.45. The van der Waals surface area contributed by atoms with E-state index in [1.165, 1.54) is 12.8 Å². The van der Waals surface area contributed by atoms with Crippen LogP contribution in [0.3, 0.4) is 0 Å². The lowest BCUT2D eigenvalue weighted by atomic mass is 10.1. The molecule has 2 atom stereocenters. The summed E-state index contributed by atoms with van der Waals surface area (Å²) in [6, 6.07) is 4.42. The third-order valence-electron chi connectivity index (χ3n) is 5.81. The Balaban J connectivity index is 0.00000114. The topological polar surface area (TPSA) is 121 Å². The van der Waals surface area contributed by atoms with E-state index in [-0.39, 0.29) is 24.3 Å². The number of carboxylic acid groups (broad SMARTS) is 1. The van der Waals surface area contributed by atoms with Gasteiger partial charge in [-0.2, -0.15) is 0 Å². The first-order chi connectivity index (χ1) is 15.6. The minimum atomic E-state index is -0.250. The van der Waals surface area contributed by atoms with Crippen LogP contribution in [-0.4, -0.2) is 71.7 Å². The van der Waals surface area contributed by atoms with E-state index in [0.717, 1.165) is 30.9 Å². The molecule has 1 aromatic rings. The lowest BCUT2D eigenvalue weighted by molar-refractivity contribution is -0.123. The minimum absolute atomic E-state index is 0.0448. The van der Waals surface area contributed by atoms with Crippen molar-refractivity contribution < 1.29 is 24.2 Å². The predicted octanol–water partition coefficient (Wildman–Crippen LogP) is 1.57. The molecule has 0 radical (unpaired) electrons. The van der Waals surface area contributed by atoms with Gasteiger partial charge in [-0.3, -0.25) is 24.3 Å². The Morgan fingerprint density at radius 2 is 1.84 bits per heavy atom. The van der Waals surface area contributed by atoms with Gasteiger partial charge >= 0.3 is 0 Å². The molecule has 32 heavy (non-hydrogen) atoms. The van der Waals surface area contributed by atoms with Gasteiger partial charge in [0.15, 0.2) is 0 Å².